The van der Waals surface area contributed by atoms with Gasteiger partial charge in [0.1, 0.15) is 5.82 Å². The molecule has 0 saturated carbocycles. The quantitative estimate of drug-likeness (QED) is 0.420. The second-order valence-corrected chi connectivity index (χ2v) is 4.92. The predicted molar refractivity (Wildman–Crippen MR) is 81.3 cm³/mol. The maximum Gasteiger partial charge on any atom is 0.224 e. The molecule has 0 aliphatic heterocycles. The van der Waals surface area contributed by atoms with Crippen molar-refractivity contribution in [2.24, 2.45) is 0 Å². The number of fused-ring (bicyclic) bond motifs is 1. The smallest absolute Gasteiger partial charge is 0.224 e. The van der Waals surface area contributed by atoms with Gasteiger partial charge in [0, 0.05) is 6.20 Å². The number of nitrogen functional groups attached to an aromatic ring is 2. The molecular weight excluding hydrogens is 345 g/mol. The van der Waals surface area contributed by atoms with E-state index in [0.29, 0.717) is 5.39 Å². The van der Waals surface area contributed by atoms with E-state index >= 15 is 0 Å². The van der Waals surface area contributed by atoms with E-state index in [4.69, 9.17) is 11.5 Å². The van der Waals surface area contributed by atoms with Crippen LogP contribution in [-0.2, 0) is 0 Å². The Morgan fingerprint density at radius 2 is 1.40 bits per heavy atom. The first-order chi connectivity index (χ1) is 11.8. The summed E-state index contributed by atoms with van der Waals surface area (Å²) in [7, 11) is 0. The minimum absolute atomic E-state index is 0.0292. The molecule has 0 unspecified atom stereocenters. The van der Waals surface area contributed by atoms with Gasteiger partial charge in [-0.05, 0) is 17.7 Å². The zero-order valence-electron chi connectivity index (χ0n) is 12.2. The summed E-state index contributed by atoms with van der Waals surface area (Å²) in [6.07, 6.45) is 3.12. The summed E-state index contributed by atoms with van der Waals surface area (Å²) >= 11 is 0. The van der Waals surface area contributed by atoms with Crippen LogP contribution in [-0.4, -0.2) is 15.0 Å². The first-order valence-corrected chi connectivity index (χ1v) is 6.68. The van der Waals surface area contributed by atoms with E-state index < -0.39 is 34.6 Å². The molecule has 3 aromatic rings. The van der Waals surface area contributed by atoms with Crippen molar-refractivity contribution >= 4 is 35.0 Å². The third-order valence-corrected chi connectivity index (χ3v) is 3.31. The van der Waals surface area contributed by atoms with Gasteiger partial charge in [-0.15, -0.1) is 0 Å². The SMILES string of the molecule is Nc1nc(N)c2cc(C=Cc3c(F)c(F)c(F)c(F)c3F)cnc2n1. The number of anilines is 2. The number of aromatic nitrogens is 3. The average Bonchev–Trinajstić information content (AvgIpc) is 2.58. The van der Waals surface area contributed by atoms with Crippen LogP contribution in [0.15, 0.2) is 12.3 Å². The van der Waals surface area contributed by atoms with Crippen molar-refractivity contribution in [2.75, 3.05) is 11.5 Å². The summed E-state index contributed by atoms with van der Waals surface area (Å²) in [5.74, 6) is -10.2. The van der Waals surface area contributed by atoms with Crippen LogP contribution >= 0.6 is 0 Å². The molecular formula is C15H8F5N5. The number of nitrogens with two attached hydrogens (primary N) is 2. The van der Waals surface area contributed by atoms with Crippen molar-refractivity contribution in [1.29, 1.82) is 0 Å². The first kappa shape index (κ1) is 16.6. The van der Waals surface area contributed by atoms with Crippen LogP contribution in [0.2, 0.25) is 0 Å². The van der Waals surface area contributed by atoms with Gasteiger partial charge in [0.15, 0.2) is 28.9 Å². The molecule has 25 heavy (non-hydrogen) atoms. The third kappa shape index (κ3) is 2.82. The van der Waals surface area contributed by atoms with Gasteiger partial charge in [0.2, 0.25) is 11.8 Å². The lowest BCUT2D eigenvalue weighted by atomic mass is 10.1. The fraction of sp³-hybridized carbons (Fsp3) is 0. The van der Waals surface area contributed by atoms with Crippen LogP contribution < -0.4 is 11.5 Å². The van der Waals surface area contributed by atoms with Gasteiger partial charge in [-0.1, -0.05) is 6.08 Å². The Hall–Kier alpha value is -3.30. The van der Waals surface area contributed by atoms with Crippen molar-refractivity contribution in [3.63, 3.8) is 0 Å². The Morgan fingerprint density at radius 1 is 0.800 bits per heavy atom. The molecule has 0 bridgehead atoms. The van der Waals surface area contributed by atoms with Crippen molar-refractivity contribution in [3.8, 4) is 0 Å². The number of hydrogen-bond acceptors (Lipinski definition) is 5. The van der Waals surface area contributed by atoms with Crippen LogP contribution in [0, 0.1) is 29.1 Å². The molecule has 4 N–H and O–H groups in total. The van der Waals surface area contributed by atoms with Crippen LogP contribution in [0.5, 0.6) is 0 Å². The average molecular weight is 353 g/mol. The normalized spacial score (nSPS) is 11.6. The van der Waals surface area contributed by atoms with Crippen LogP contribution in [0.1, 0.15) is 11.1 Å². The maximum atomic E-state index is 13.6. The standard InChI is InChI=1S/C15H8F5N5/c16-8-6(9(17)11(19)12(20)10(8)18)2-1-5-3-7-13(21)24-15(22)25-14(7)23-4-5/h1-4H,(H4,21,22,23,24,25). The highest BCUT2D eigenvalue weighted by Gasteiger charge is 2.24. The van der Waals surface area contributed by atoms with E-state index in [1.807, 2.05) is 0 Å². The van der Waals surface area contributed by atoms with Gasteiger partial charge >= 0.3 is 0 Å². The topological polar surface area (TPSA) is 90.7 Å². The summed E-state index contributed by atoms with van der Waals surface area (Å²) in [5, 5.41) is 0.314. The van der Waals surface area contributed by atoms with E-state index in [1.165, 1.54) is 12.3 Å². The second kappa shape index (κ2) is 5.96. The summed E-state index contributed by atoms with van der Waals surface area (Å²) in [5.41, 5.74) is 10.5. The molecule has 2 heterocycles. The molecule has 1 aromatic carbocycles. The second-order valence-electron chi connectivity index (χ2n) is 4.92. The van der Waals surface area contributed by atoms with Crippen LogP contribution in [0.25, 0.3) is 23.2 Å². The molecule has 2 aromatic heterocycles. The Kier molecular flexibility index (Phi) is 3.95. The Morgan fingerprint density at radius 3 is 2.04 bits per heavy atom. The van der Waals surface area contributed by atoms with Crippen molar-refractivity contribution in [2.45, 2.75) is 0 Å². The van der Waals surface area contributed by atoms with Crippen molar-refractivity contribution in [1.82, 2.24) is 15.0 Å². The first-order valence-electron chi connectivity index (χ1n) is 6.68. The Labute approximate surface area is 136 Å². The van der Waals surface area contributed by atoms with Gasteiger partial charge in [0.25, 0.3) is 0 Å². The molecule has 5 nitrogen and oxygen atoms in total. The molecule has 0 aliphatic rings. The van der Waals surface area contributed by atoms with Crippen LogP contribution in [0.4, 0.5) is 33.7 Å². The molecule has 128 valence electrons. The number of rotatable bonds is 2. The summed E-state index contributed by atoms with van der Waals surface area (Å²) < 4.78 is 66.6. The molecule has 0 aliphatic carbocycles. The zero-order valence-corrected chi connectivity index (χ0v) is 12.2. The molecule has 0 radical (unpaired) electrons. The number of benzene rings is 1. The molecule has 10 heteroatoms. The third-order valence-electron chi connectivity index (χ3n) is 3.31. The molecule has 0 atom stereocenters. The monoisotopic (exact) mass is 353 g/mol. The van der Waals surface area contributed by atoms with Crippen molar-refractivity contribution in [3.05, 3.63) is 52.5 Å². The van der Waals surface area contributed by atoms with Gasteiger partial charge < -0.3 is 11.5 Å². The van der Waals surface area contributed by atoms with Gasteiger partial charge in [-0.3, -0.25) is 0 Å². The lowest BCUT2D eigenvalue weighted by Crippen LogP contribution is -2.03. The van der Waals surface area contributed by atoms with Crippen LogP contribution in [0.3, 0.4) is 0 Å². The predicted octanol–water partition coefficient (Wildman–Crippen LogP) is 3.06. The molecule has 0 saturated heterocycles. The van der Waals surface area contributed by atoms with Gasteiger partial charge in [0.05, 0.1) is 10.9 Å². The summed E-state index contributed by atoms with van der Waals surface area (Å²) in [6.45, 7) is 0. The van der Waals surface area contributed by atoms with Crippen molar-refractivity contribution < 1.29 is 22.0 Å². The number of pyridine rings is 1. The Balaban J connectivity index is 2.08. The van der Waals surface area contributed by atoms with E-state index in [2.05, 4.69) is 15.0 Å². The summed E-state index contributed by atoms with van der Waals surface area (Å²) in [4.78, 5) is 11.5. The summed E-state index contributed by atoms with van der Waals surface area (Å²) in [6, 6.07) is 1.43. The van der Waals surface area contributed by atoms with E-state index in [-0.39, 0.29) is 23.0 Å². The fourth-order valence-electron chi connectivity index (χ4n) is 2.11. The number of hydrogen-bond donors (Lipinski definition) is 2. The van der Waals surface area contributed by atoms with E-state index in [1.54, 1.807) is 0 Å². The molecule has 0 amide bonds. The minimum Gasteiger partial charge on any atom is -0.383 e. The number of halogens is 5. The van der Waals surface area contributed by atoms with Gasteiger partial charge in [-0.25, -0.2) is 26.9 Å². The maximum absolute atomic E-state index is 13.6. The molecule has 0 fully saturated rings. The highest BCUT2D eigenvalue weighted by Crippen LogP contribution is 2.25. The zero-order chi connectivity index (χ0) is 18.3. The minimum atomic E-state index is -2.22. The van der Waals surface area contributed by atoms with Gasteiger partial charge in [-0.2, -0.15) is 9.97 Å². The highest BCUT2D eigenvalue weighted by atomic mass is 19.2. The lowest BCUT2D eigenvalue weighted by Gasteiger charge is -2.05. The lowest BCUT2D eigenvalue weighted by molar-refractivity contribution is 0.377. The molecule has 3 rings (SSSR count). The molecule has 0 spiro atoms. The fourth-order valence-corrected chi connectivity index (χ4v) is 2.11. The van der Waals surface area contributed by atoms with E-state index in [9.17, 15) is 22.0 Å². The number of nitrogens with zero attached hydrogens (tertiary/aromatic N) is 3. The Bertz CT molecular complexity index is 1010. The van der Waals surface area contributed by atoms with E-state index in [0.717, 1.165) is 12.2 Å². The highest BCUT2D eigenvalue weighted by molar-refractivity contribution is 5.88. The largest absolute Gasteiger partial charge is 0.383 e.